The number of ether oxygens (including phenoxy) is 2. The molecule has 6 aliphatic carbocycles. The minimum atomic E-state index is -0.570. The number of hydrogen-bond acceptors (Lipinski definition) is 8. The van der Waals surface area contributed by atoms with E-state index in [0.717, 1.165) is 96.7 Å². The number of fused-ring (bicyclic) bond motifs is 4. The first-order valence-corrected chi connectivity index (χ1v) is 22.9. The largest absolute Gasteiger partial charge is 0.453 e. The van der Waals surface area contributed by atoms with Crippen LogP contribution < -0.4 is 10.6 Å². The molecular formula is C48H54N8O6. The van der Waals surface area contributed by atoms with Crippen molar-refractivity contribution in [2.24, 2.45) is 47.3 Å². The third-order valence-corrected chi connectivity index (χ3v) is 16.2. The van der Waals surface area contributed by atoms with E-state index in [4.69, 9.17) is 19.4 Å². The number of carbonyl (C=O) groups is 4. The quantitative estimate of drug-likeness (QED) is 0.125. The lowest BCUT2D eigenvalue weighted by molar-refractivity contribution is -0.137. The van der Waals surface area contributed by atoms with E-state index >= 15 is 0 Å². The Bertz CT molecular complexity index is 2240. The second-order valence-corrected chi connectivity index (χ2v) is 19.8. The van der Waals surface area contributed by atoms with Gasteiger partial charge in [0.1, 0.15) is 23.7 Å². The summed E-state index contributed by atoms with van der Waals surface area (Å²) in [6, 6.07) is 15.7. The van der Waals surface area contributed by atoms with Crippen molar-refractivity contribution < 1.29 is 28.7 Å². The van der Waals surface area contributed by atoms with Crippen LogP contribution in [0.5, 0.6) is 0 Å². The number of aromatic nitrogens is 4. The van der Waals surface area contributed by atoms with Gasteiger partial charge in [-0.15, -0.1) is 0 Å². The van der Waals surface area contributed by atoms with Gasteiger partial charge in [-0.3, -0.25) is 9.59 Å². The molecule has 0 spiro atoms. The van der Waals surface area contributed by atoms with Crippen LogP contribution in [0.2, 0.25) is 0 Å². The number of hydrogen-bond donors (Lipinski definition) is 4. The first kappa shape index (κ1) is 38.0. The van der Waals surface area contributed by atoms with E-state index in [9.17, 15) is 19.2 Å². The maximum absolute atomic E-state index is 14.3. The number of aromatic amines is 2. The lowest BCUT2D eigenvalue weighted by atomic mass is 9.93. The van der Waals surface area contributed by atoms with E-state index in [1.807, 2.05) is 22.2 Å². The van der Waals surface area contributed by atoms with Crippen molar-refractivity contribution in [3.8, 4) is 33.6 Å². The first-order valence-electron chi connectivity index (χ1n) is 22.9. The van der Waals surface area contributed by atoms with E-state index in [-0.39, 0.29) is 47.8 Å². The van der Waals surface area contributed by atoms with Crippen LogP contribution in [0.1, 0.15) is 87.9 Å². The zero-order valence-corrected chi connectivity index (χ0v) is 35.2. The number of alkyl carbamates (subject to hydrolysis) is 2. The van der Waals surface area contributed by atoms with Gasteiger partial charge in [0.15, 0.2) is 0 Å². The highest BCUT2D eigenvalue weighted by molar-refractivity contribution is 5.88. The maximum atomic E-state index is 14.3. The van der Waals surface area contributed by atoms with Crippen molar-refractivity contribution >= 4 is 24.0 Å². The summed E-state index contributed by atoms with van der Waals surface area (Å²) in [7, 11) is 2.70. The fourth-order valence-electron chi connectivity index (χ4n) is 12.5. The number of rotatable bonds is 11. The van der Waals surface area contributed by atoms with Crippen molar-refractivity contribution in [3.63, 3.8) is 0 Å². The Balaban J connectivity index is 0.714. The second-order valence-electron chi connectivity index (χ2n) is 19.8. The maximum Gasteiger partial charge on any atom is 0.407 e. The minimum Gasteiger partial charge on any atom is -0.453 e. The van der Waals surface area contributed by atoms with Crippen LogP contribution in [0, 0.1) is 47.3 Å². The lowest BCUT2D eigenvalue weighted by Gasteiger charge is -2.33. The average molecular weight is 839 g/mol. The third kappa shape index (κ3) is 6.66. The summed E-state index contributed by atoms with van der Waals surface area (Å²) in [6.07, 6.45) is 12.9. The van der Waals surface area contributed by atoms with Gasteiger partial charge in [0.05, 0.1) is 37.7 Å². The minimum absolute atomic E-state index is 0.00350. The Morgan fingerprint density at radius 2 is 0.903 bits per heavy atom. The van der Waals surface area contributed by atoms with Crippen molar-refractivity contribution in [3.05, 3.63) is 72.6 Å². The Morgan fingerprint density at radius 1 is 0.532 bits per heavy atom. The van der Waals surface area contributed by atoms with Gasteiger partial charge in [-0.1, -0.05) is 48.5 Å². The molecule has 0 radical (unpaired) electrons. The Morgan fingerprint density at radius 3 is 1.27 bits per heavy atom. The molecule has 4 N–H and O–H groups in total. The molecule has 6 saturated carbocycles. The van der Waals surface area contributed by atoms with Gasteiger partial charge in [-0.05, 0) is 123 Å². The number of nitrogens with zero attached hydrogens (tertiary/aromatic N) is 4. The summed E-state index contributed by atoms with van der Waals surface area (Å²) < 4.78 is 9.90. The SMILES string of the molecule is COC(=O)NC(C(=O)N1C2C[C@@H]2C[C@H]1c1nc(-c2ccc(-c3ccc(-c4c[nH]c([C@@H]5C[C@H]6C[C@H]6N5C(=O)C(NC(=O)OC)[C@H]5C[C@@H]6C[C@@H]6C5)n4)cc3)cc2)c[nH]1)[C@H]1C[C@@H]2C[C@@H]2C1. The van der Waals surface area contributed by atoms with Gasteiger partial charge in [0.25, 0.3) is 0 Å². The van der Waals surface area contributed by atoms with Crippen molar-refractivity contribution in [1.82, 2.24) is 40.4 Å². The van der Waals surface area contributed by atoms with Crippen LogP contribution in [0.25, 0.3) is 33.6 Å². The van der Waals surface area contributed by atoms with E-state index < -0.39 is 24.3 Å². The topological polar surface area (TPSA) is 175 Å². The number of imidazole rings is 2. The van der Waals surface area contributed by atoms with Crippen molar-refractivity contribution in [2.75, 3.05) is 14.2 Å². The number of piperidine rings is 2. The molecule has 8 fully saturated rings. The summed E-state index contributed by atoms with van der Waals surface area (Å²) in [4.78, 5) is 74.2. The standard InChI is InChI=1S/C48H54N8O6/c1-61-47(59)53-41(33-13-27-11-28(27)14-33)45(57)55-37-17-31(37)19-39(55)43-49-21-35(51-43)25-7-3-23(4-8-25)24-5-9-26(10-6-24)36-22-50-44(52-36)40-20-32-18-38(32)56(40)46(58)42(54-48(60)62-2)34-15-29-12-30(29)16-34/h3-10,21-22,27-34,37-42H,11-20H2,1-2H3,(H,49,51)(H,50,52)(H,53,59)(H,54,60)/t27-,28+,29-,30+,31-,32-,33-,34-,37-,38?,39+,40+,41?,42?/m1/s1. The molecule has 322 valence electrons. The van der Waals surface area contributed by atoms with E-state index in [1.54, 1.807) is 0 Å². The number of benzene rings is 2. The number of likely N-dealkylation sites (tertiary alicyclic amines) is 2. The summed E-state index contributed by atoms with van der Waals surface area (Å²) in [5, 5.41) is 5.85. The average Bonchev–Trinajstić information content (AvgIpc) is 4.23. The molecule has 4 amide bonds. The summed E-state index contributed by atoms with van der Waals surface area (Å²) in [6.45, 7) is 0. The third-order valence-electron chi connectivity index (χ3n) is 16.2. The molecule has 2 aliphatic heterocycles. The van der Waals surface area contributed by atoms with Crippen LogP contribution in [-0.2, 0) is 19.1 Å². The summed E-state index contributed by atoms with van der Waals surface area (Å²) in [5.74, 6) is 5.56. The smallest absolute Gasteiger partial charge is 0.407 e. The molecule has 4 aromatic rings. The molecule has 14 heteroatoms. The normalized spacial score (nSPS) is 33.7. The van der Waals surface area contributed by atoms with Crippen molar-refractivity contribution in [2.45, 2.75) is 100 Å². The lowest BCUT2D eigenvalue weighted by Crippen LogP contribution is -2.52. The summed E-state index contributed by atoms with van der Waals surface area (Å²) in [5.41, 5.74) is 5.78. The van der Waals surface area contributed by atoms with Gasteiger partial charge < -0.3 is 39.9 Å². The number of carbonyl (C=O) groups excluding carboxylic acids is 4. The van der Waals surface area contributed by atoms with Crippen LogP contribution in [0.15, 0.2) is 60.9 Å². The molecule has 0 bridgehead atoms. The highest BCUT2D eigenvalue weighted by Gasteiger charge is 2.60. The van der Waals surface area contributed by atoms with Crippen LogP contribution in [0.3, 0.4) is 0 Å². The molecular weight excluding hydrogens is 785 g/mol. The van der Waals surface area contributed by atoms with Gasteiger partial charge >= 0.3 is 12.2 Å². The Hall–Kier alpha value is -5.66. The molecule has 4 heterocycles. The molecule has 14 nitrogen and oxygen atoms in total. The zero-order valence-electron chi connectivity index (χ0n) is 35.2. The van der Waals surface area contributed by atoms with E-state index in [2.05, 4.69) is 69.1 Å². The van der Waals surface area contributed by atoms with Crippen LogP contribution in [0.4, 0.5) is 9.59 Å². The van der Waals surface area contributed by atoms with E-state index in [1.165, 1.54) is 27.1 Å². The Labute approximate surface area is 360 Å². The number of H-pyrrole nitrogens is 2. The summed E-state index contributed by atoms with van der Waals surface area (Å²) >= 11 is 0. The fraction of sp³-hybridized carbons (Fsp3) is 0.542. The predicted molar refractivity (Wildman–Crippen MR) is 227 cm³/mol. The molecule has 14 atom stereocenters. The Kier molecular flexibility index (Phi) is 8.87. The molecule has 62 heavy (non-hydrogen) atoms. The predicted octanol–water partition coefficient (Wildman–Crippen LogP) is 7.00. The van der Waals surface area contributed by atoms with Crippen LogP contribution >= 0.6 is 0 Å². The van der Waals surface area contributed by atoms with Crippen molar-refractivity contribution in [1.29, 1.82) is 0 Å². The van der Waals surface area contributed by atoms with Gasteiger partial charge in [-0.2, -0.15) is 0 Å². The highest BCUT2D eigenvalue weighted by Crippen LogP contribution is 2.59. The van der Waals surface area contributed by atoms with E-state index in [0.29, 0.717) is 35.5 Å². The molecule has 2 aromatic carbocycles. The van der Waals surface area contributed by atoms with Gasteiger partial charge in [0, 0.05) is 35.6 Å². The van der Waals surface area contributed by atoms with Gasteiger partial charge in [0.2, 0.25) is 11.8 Å². The molecule has 12 rings (SSSR count). The first-order chi connectivity index (χ1) is 30.2. The molecule has 2 aromatic heterocycles. The number of amides is 4. The number of nitrogens with one attached hydrogen (secondary N) is 4. The second kappa shape index (κ2) is 14.5. The zero-order chi connectivity index (χ0) is 42.0. The fourth-order valence-corrected chi connectivity index (χ4v) is 12.5. The molecule has 8 aliphatic rings. The van der Waals surface area contributed by atoms with Crippen LogP contribution in [-0.4, -0.2) is 92.1 Å². The highest BCUT2D eigenvalue weighted by atomic mass is 16.5. The molecule has 3 unspecified atom stereocenters. The number of methoxy groups -OCH3 is 2. The van der Waals surface area contributed by atoms with Gasteiger partial charge in [-0.25, -0.2) is 19.6 Å². The monoisotopic (exact) mass is 838 g/mol. The molecule has 2 saturated heterocycles.